The predicted molar refractivity (Wildman–Crippen MR) is 172 cm³/mol. The molecule has 0 unspecified atom stereocenters. The van der Waals surface area contributed by atoms with Gasteiger partial charge >= 0.3 is 6.03 Å². The summed E-state index contributed by atoms with van der Waals surface area (Å²) in [6, 6.07) is 30.6. The second-order valence-corrected chi connectivity index (χ2v) is 10.8. The number of amides is 4. The maximum Gasteiger partial charge on any atom is 0.343 e. The number of benzene rings is 4. The summed E-state index contributed by atoms with van der Waals surface area (Å²) in [5.41, 5.74) is 5.23. The minimum Gasteiger partial charge on any atom is -0.489 e. The van der Waals surface area contributed by atoms with Gasteiger partial charge in [-0.3, -0.25) is 9.59 Å². The average molecular weight is 600 g/mol. The molecular formula is C37H30FN3O4. The van der Waals surface area contributed by atoms with E-state index in [4.69, 9.17) is 4.74 Å². The third-order valence-electron chi connectivity index (χ3n) is 7.77. The van der Waals surface area contributed by atoms with Gasteiger partial charge in [0.25, 0.3) is 11.8 Å². The van der Waals surface area contributed by atoms with E-state index in [1.165, 1.54) is 6.07 Å². The average Bonchev–Trinajstić information content (AvgIpc) is 3.32. The molecule has 0 spiro atoms. The monoisotopic (exact) mass is 599 g/mol. The van der Waals surface area contributed by atoms with E-state index >= 15 is 0 Å². The Morgan fingerprint density at radius 2 is 1.27 bits per heavy atom. The van der Waals surface area contributed by atoms with Gasteiger partial charge in [0.05, 0.1) is 11.4 Å². The summed E-state index contributed by atoms with van der Waals surface area (Å²) in [7, 11) is 0. The first kappa shape index (κ1) is 29.3. The summed E-state index contributed by atoms with van der Waals surface area (Å²) in [6.45, 7) is 5.85. The topological polar surface area (TPSA) is 71.8 Å². The minimum absolute atomic E-state index is 0.107. The van der Waals surface area contributed by atoms with Crippen LogP contribution in [0.1, 0.15) is 28.1 Å². The molecule has 4 aromatic carbocycles. The van der Waals surface area contributed by atoms with Crippen LogP contribution in [0.15, 0.2) is 115 Å². The first-order valence-electron chi connectivity index (χ1n) is 14.4. The molecule has 0 bridgehead atoms. The van der Waals surface area contributed by atoms with Gasteiger partial charge in [0, 0.05) is 22.6 Å². The number of carbonyl (C=O) groups is 3. The fourth-order valence-corrected chi connectivity index (χ4v) is 5.41. The molecule has 1 aliphatic heterocycles. The number of rotatable bonds is 7. The zero-order valence-electron chi connectivity index (χ0n) is 25.0. The lowest BCUT2D eigenvalue weighted by atomic mass is 10.0. The van der Waals surface area contributed by atoms with Crippen LogP contribution in [0.4, 0.5) is 20.6 Å². The molecule has 0 aliphatic carbocycles. The lowest BCUT2D eigenvalue weighted by molar-refractivity contribution is -0.121. The number of halogens is 1. The van der Waals surface area contributed by atoms with E-state index in [0.717, 1.165) is 32.4 Å². The maximum absolute atomic E-state index is 14.0. The molecule has 6 rings (SSSR count). The van der Waals surface area contributed by atoms with E-state index in [-0.39, 0.29) is 18.0 Å². The first-order chi connectivity index (χ1) is 21.7. The van der Waals surface area contributed by atoms with Gasteiger partial charge in [0.1, 0.15) is 23.7 Å². The Morgan fingerprint density at radius 1 is 0.689 bits per heavy atom. The van der Waals surface area contributed by atoms with Gasteiger partial charge in [-0.15, -0.1) is 0 Å². The Labute approximate surface area is 260 Å². The summed E-state index contributed by atoms with van der Waals surface area (Å²) in [5.74, 6) is -1.11. The van der Waals surface area contributed by atoms with Crippen molar-refractivity contribution >= 4 is 35.3 Å². The van der Waals surface area contributed by atoms with Crippen LogP contribution in [-0.4, -0.2) is 22.4 Å². The first-order valence-corrected chi connectivity index (χ1v) is 14.4. The molecule has 224 valence electrons. The normalized spacial score (nSPS) is 14.4. The smallest absolute Gasteiger partial charge is 0.343 e. The van der Waals surface area contributed by atoms with Gasteiger partial charge in [-0.05, 0) is 93.1 Å². The standard InChI is InChI=1S/C37H30FN3O4/c1-24-13-15-31(16-14-24)41-36(43)33(35(42)40(37(41)44)29-10-5-4-6-11-29)22-28-21-25(2)39(26(28)3)30-17-19-32(20-18-30)45-23-27-9-7-8-12-34(27)38/h4-22H,23H2,1-3H3/b33-22+. The van der Waals surface area contributed by atoms with Gasteiger partial charge in [-0.25, -0.2) is 19.0 Å². The van der Waals surface area contributed by atoms with Crippen molar-refractivity contribution in [3.8, 4) is 11.4 Å². The van der Waals surface area contributed by atoms with Crippen molar-refractivity contribution in [2.24, 2.45) is 0 Å². The van der Waals surface area contributed by atoms with Gasteiger partial charge < -0.3 is 9.30 Å². The molecule has 0 saturated carbocycles. The third kappa shape index (κ3) is 5.65. The fourth-order valence-electron chi connectivity index (χ4n) is 5.41. The number of barbiturate groups is 1. The van der Waals surface area contributed by atoms with Crippen LogP contribution in [0.2, 0.25) is 0 Å². The summed E-state index contributed by atoms with van der Waals surface area (Å²) in [5, 5.41) is 0. The van der Waals surface area contributed by atoms with Crippen molar-refractivity contribution in [1.82, 2.24) is 4.57 Å². The van der Waals surface area contributed by atoms with E-state index in [1.807, 2.05) is 67.8 Å². The number of hydrogen-bond donors (Lipinski definition) is 0. The second kappa shape index (κ2) is 12.1. The number of nitrogens with zero attached hydrogens (tertiary/aromatic N) is 3. The zero-order chi connectivity index (χ0) is 31.7. The fraction of sp³-hybridized carbons (Fsp3) is 0.108. The molecule has 45 heavy (non-hydrogen) atoms. The molecule has 5 aromatic rings. The number of hydrogen-bond acceptors (Lipinski definition) is 4. The molecule has 2 heterocycles. The number of ether oxygens (including phenoxy) is 1. The highest BCUT2D eigenvalue weighted by molar-refractivity contribution is 6.46. The summed E-state index contributed by atoms with van der Waals surface area (Å²) < 4.78 is 21.8. The van der Waals surface area contributed by atoms with Gasteiger partial charge in [0.15, 0.2) is 0 Å². The Bertz CT molecular complexity index is 1940. The van der Waals surface area contributed by atoms with E-state index < -0.39 is 17.8 Å². The molecule has 7 nitrogen and oxygen atoms in total. The van der Waals surface area contributed by atoms with Crippen LogP contribution >= 0.6 is 0 Å². The second-order valence-electron chi connectivity index (χ2n) is 10.8. The van der Waals surface area contributed by atoms with Gasteiger partial charge in [-0.2, -0.15) is 0 Å². The Balaban J connectivity index is 1.34. The number of anilines is 2. The van der Waals surface area contributed by atoms with E-state index in [1.54, 1.807) is 66.7 Å². The zero-order valence-corrected chi connectivity index (χ0v) is 25.0. The Morgan fingerprint density at radius 3 is 1.91 bits per heavy atom. The molecule has 0 N–H and O–H groups in total. The molecule has 0 radical (unpaired) electrons. The number of para-hydroxylation sites is 1. The van der Waals surface area contributed by atoms with Gasteiger partial charge in [0.2, 0.25) is 0 Å². The lowest BCUT2D eigenvalue weighted by Crippen LogP contribution is -2.57. The molecule has 1 aliphatic rings. The predicted octanol–water partition coefficient (Wildman–Crippen LogP) is 7.70. The van der Waals surface area contributed by atoms with Crippen LogP contribution in [-0.2, 0) is 16.2 Å². The van der Waals surface area contributed by atoms with E-state index in [2.05, 4.69) is 0 Å². The summed E-state index contributed by atoms with van der Waals surface area (Å²) >= 11 is 0. The van der Waals surface area contributed by atoms with E-state index in [0.29, 0.717) is 28.3 Å². The highest BCUT2D eigenvalue weighted by Gasteiger charge is 2.43. The number of aromatic nitrogens is 1. The number of aryl methyl sites for hydroxylation is 2. The van der Waals surface area contributed by atoms with Crippen molar-refractivity contribution < 1.29 is 23.5 Å². The number of imide groups is 2. The molecule has 1 fully saturated rings. The third-order valence-corrected chi connectivity index (χ3v) is 7.77. The van der Waals surface area contributed by atoms with Crippen LogP contribution in [0.25, 0.3) is 11.8 Å². The van der Waals surface area contributed by atoms with Crippen molar-refractivity contribution in [2.75, 3.05) is 9.80 Å². The van der Waals surface area contributed by atoms with Gasteiger partial charge in [-0.1, -0.05) is 54.1 Å². The van der Waals surface area contributed by atoms with Crippen molar-refractivity contribution in [3.63, 3.8) is 0 Å². The van der Waals surface area contributed by atoms with Crippen molar-refractivity contribution in [2.45, 2.75) is 27.4 Å². The number of carbonyl (C=O) groups excluding carboxylic acids is 3. The quantitative estimate of drug-likeness (QED) is 0.142. The Kier molecular flexibility index (Phi) is 7.87. The van der Waals surface area contributed by atoms with Crippen LogP contribution < -0.4 is 14.5 Å². The molecule has 0 atom stereocenters. The lowest BCUT2D eigenvalue weighted by Gasteiger charge is -2.34. The molecular weight excluding hydrogens is 569 g/mol. The summed E-state index contributed by atoms with van der Waals surface area (Å²) in [4.78, 5) is 43.4. The Hall–Kier alpha value is -5.76. The van der Waals surface area contributed by atoms with Crippen LogP contribution in [0.3, 0.4) is 0 Å². The maximum atomic E-state index is 14.0. The minimum atomic E-state index is -0.736. The summed E-state index contributed by atoms with van der Waals surface area (Å²) in [6.07, 6.45) is 1.55. The highest BCUT2D eigenvalue weighted by atomic mass is 19.1. The SMILES string of the molecule is Cc1ccc(N2C(=O)/C(=C/c3cc(C)n(-c4ccc(OCc5ccccc5F)cc4)c3C)C(=O)N(c3ccccc3)C2=O)cc1. The van der Waals surface area contributed by atoms with Crippen LogP contribution in [0, 0.1) is 26.6 Å². The largest absolute Gasteiger partial charge is 0.489 e. The highest BCUT2D eigenvalue weighted by Crippen LogP contribution is 2.31. The molecule has 4 amide bonds. The molecule has 8 heteroatoms. The van der Waals surface area contributed by atoms with E-state index in [9.17, 15) is 18.8 Å². The van der Waals surface area contributed by atoms with Crippen molar-refractivity contribution in [3.05, 3.63) is 149 Å². The molecule has 1 saturated heterocycles. The van der Waals surface area contributed by atoms with Crippen molar-refractivity contribution in [1.29, 1.82) is 0 Å². The number of urea groups is 1. The molecule has 1 aromatic heterocycles. The van der Waals surface area contributed by atoms with Crippen LogP contribution in [0.5, 0.6) is 5.75 Å².